The molecule has 0 saturated carbocycles. The Bertz CT molecular complexity index is 437. The maximum atomic E-state index is 12.8. The summed E-state index contributed by atoms with van der Waals surface area (Å²) < 4.78 is 12.8. The second-order valence-corrected chi connectivity index (χ2v) is 4.57. The van der Waals surface area contributed by atoms with Crippen molar-refractivity contribution in [2.45, 2.75) is 39.0 Å². The van der Waals surface area contributed by atoms with Crippen molar-refractivity contribution in [2.24, 2.45) is 5.41 Å². The Balaban J connectivity index is 2.77. The molecule has 0 N–H and O–H groups in total. The smallest absolute Gasteiger partial charge is 0.147 e. The molecule has 18 heavy (non-hydrogen) atoms. The lowest BCUT2D eigenvalue weighted by molar-refractivity contribution is 0.445. The van der Waals surface area contributed by atoms with Gasteiger partial charge in [-0.3, -0.25) is 0 Å². The Morgan fingerprint density at radius 1 is 1.11 bits per heavy atom. The maximum absolute atomic E-state index is 12.8. The molecular weight excluding hydrogens is 227 g/mol. The monoisotopic (exact) mass is 244 g/mol. The Kier molecular flexibility index (Phi) is 5.33. The van der Waals surface area contributed by atoms with Gasteiger partial charge in [-0.25, -0.2) is 4.39 Å². The molecule has 0 heterocycles. The van der Waals surface area contributed by atoms with Crippen LogP contribution in [0.5, 0.6) is 0 Å². The third kappa shape index (κ3) is 3.86. The lowest BCUT2D eigenvalue weighted by atomic mass is 9.80. The molecule has 0 unspecified atom stereocenters. The molecule has 0 aromatic heterocycles. The zero-order valence-corrected chi connectivity index (χ0v) is 10.6. The van der Waals surface area contributed by atoms with E-state index >= 15 is 0 Å². The molecule has 2 nitrogen and oxygen atoms in total. The van der Waals surface area contributed by atoms with E-state index in [2.05, 4.69) is 19.1 Å². The molecule has 1 aromatic carbocycles. The first-order chi connectivity index (χ1) is 8.65. The summed E-state index contributed by atoms with van der Waals surface area (Å²) in [4.78, 5) is 0. The van der Waals surface area contributed by atoms with Crippen LogP contribution in [-0.2, 0) is 6.42 Å². The van der Waals surface area contributed by atoms with Crippen molar-refractivity contribution in [2.75, 3.05) is 0 Å². The Labute approximate surface area is 108 Å². The van der Waals surface area contributed by atoms with E-state index in [1.54, 1.807) is 12.1 Å². The van der Waals surface area contributed by atoms with Crippen LogP contribution in [0.2, 0.25) is 0 Å². The molecule has 0 aliphatic heterocycles. The third-order valence-corrected chi connectivity index (χ3v) is 3.05. The highest BCUT2D eigenvalue weighted by molar-refractivity contribution is 5.24. The molecule has 0 spiro atoms. The quantitative estimate of drug-likeness (QED) is 0.710. The van der Waals surface area contributed by atoms with E-state index in [0.717, 1.165) is 24.8 Å². The van der Waals surface area contributed by atoms with Gasteiger partial charge in [0.1, 0.15) is 11.2 Å². The standard InChI is InChI=1S/C15H17FN2/c1-2-3-4-9-15(11-17,12-18)10-13-5-7-14(16)8-6-13/h5-8H,2-4,9-10H2,1H3. The zero-order valence-electron chi connectivity index (χ0n) is 10.6. The van der Waals surface area contributed by atoms with Crippen LogP contribution in [0.3, 0.4) is 0 Å². The van der Waals surface area contributed by atoms with Gasteiger partial charge in [-0.15, -0.1) is 0 Å². The molecule has 0 aliphatic rings. The first-order valence-electron chi connectivity index (χ1n) is 6.23. The summed E-state index contributed by atoms with van der Waals surface area (Å²) in [5, 5.41) is 18.5. The minimum Gasteiger partial charge on any atom is -0.207 e. The molecular formula is C15H17FN2. The number of benzene rings is 1. The van der Waals surface area contributed by atoms with Crippen LogP contribution >= 0.6 is 0 Å². The van der Waals surface area contributed by atoms with Crippen molar-refractivity contribution >= 4 is 0 Å². The van der Waals surface area contributed by atoms with E-state index in [9.17, 15) is 14.9 Å². The average Bonchev–Trinajstić information content (AvgIpc) is 2.40. The molecule has 0 aliphatic carbocycles. The van der Waals surface area contributed by atoms with Crippen molar-refractivity contribution in [3.63, 3.8) is 0 Å². The van der Waals surface area contributed by atoms with Crippen molar-refractivity contribution in [1.82, 2.24) is 0 Å². The van der Waals surface area contributed by atoms with E-state index in [4.69, 9.17) is 0 Å². The molecule has 0 fully saturated rings. The van der Waals surface area contributed by atoms with Crippen molar-refractivity contribution in [3.05, 3.63) is 35.6 Å². The van der Waals surface area contributed by atoms with E-state index in [-0.39, 0.29) is 5.82 Å². The van der Waals surface area contributed by atoms with Gasteiger partial charge in [0.05, 0.1) is 12.1 Å². The van der Waals surface area contributed by atoms with Crippen LogP contribution in [0.4, 0.5) is 4.39 Å². The number of unbranched alkanes of at least 4 members (excludes halogenated alkanes) is 2. The summed E-state index contributed by atoms with van der Waals surface area (Å²) in [6, 6.07) is 10.3. The van der Waals surface area contributed by atoms with Gasteiger partial charge in [0, 0.05) is 6.42 Å². The number of hydrogen-bond acceptors (Lipinski definition) is 2. The van der Waals surface area contributed by atoms with E-state index in [1.807, 2.05) is 0 Å². The fourth-order valence-electron chi connectivity index (χ4n) is 1.93. The highest BCUT2D eigenvalue weighted by atomic mass is 19.1. The lowest BCUT2D eigenvalue weighted by Crippen LogP contribution is -2.19. The first kappa shape index (κ1) is 14.2. The summed E-state index contributed by atoms with van der Waals surface area (Å²) in [5.74, 6) is -0.302. The van der Waals surface area contributed by atoms with Crippen LogP contribution in [0.25, 0.3) is 0 Å². The van der Waals surface area contributed by atoms with Gasteiger partial charge in [-0.05, 0) is 24.1 Å². The zero-order chi connectivity index (χ0) is 13.4. The fraction of sp³-hybridized carbons (Fsp3) is 0.467. The Morgan fingerprint density at radius 2 is 1.72 bits per heavy atom. The Morgan fingerprint density at radius 3 is 2.22 bits per heavy atom. The largest absolute Gasteiger partial charge is 0.207 e. The fourth-order valence-corrected chi connectivity index (χ4v) is 1.93. The highest BCUT2D eigenvalue weighted by Gasteiger charge is 2.29. The van der Waals surface area contributed by atoms with Crippen LogP contribution in [0, 0.1) is 33.9 Å². The molecule has 0 amide bonds. The SMILES string of the molecule is CCCCCC(C#N)(C#N)Cc1ccc(F)cc1. The topological polar surface area (TPSA) is 47.6 Å². The molecule has 94 valence electrons. The Hall–Kier alpha value is -1.87. The van der Waals surface area contributed by atoms with Gasteiger partial charge in [0.25, 0.3) is 0 Å². The third-order valence-electron chi connectivity index (χ3n) is 3.05. The minimum atomic E-state index is -0.979. The number of hydrogen-bond donors (Lipinski definition) is 0. The molecule has 3 heteroatoms. The molecule has 1 aromatic rings. The van der Waals surface area contributed by atoms with Gasteiger partial charge in [-0.1, -0.05) is 38.3 Å². The van der Waals surface area contributed by atoms with Gasteiger partial charge in [-0.2, -0.15) is 10.5 Å². The lowest BCUT2D eigenvalue weighted by Gasteiger charge is -2.18. The number of nitrogens with zero attached hydrogens (tertiary/aromatic N) is 2. The summed E-state index contributed by atoms with van der Waals surface area (Å²) in [7, 11) is 0. The van der Waals surface area contributed by atoms with Crippen molar-refractivity contribution in [3.8, 4) is 12.1 Å². The maximum Gasteiger partial charge on any atom is 0.147 e. The number of halogens is 1. The van der Waals surface area contributed by atoms with Crippen molar-refractivity contribution in [1.29, 1.82) is 10.5 Å². The van der Waals surface area contributed by atoms with Gasteiger partial charge in [0.2, 0.25) is 0 Å². The second kappa shape index (κ2) is 6.77. The number of nitriles is 2. The molecule has 0 atom stereocenters. The summed E-state index contributed by atoms with van der Waals surface area (Å²) in [5.41, 5.74) is -0.150. The molecule has 0 saturated heterocycles. The van der Waals surface area contributed by atoms with Gasteiger partial charge < -0.3 is 0 Å². The van der Waals surface area contributed by atoms with Crippen LogP contribution in [-0.4, -0.2) is 0 Å². The van der Waals surface area contributed by atoms with Gasteiger partial charge >= 0.3 is 0 Å². The average molecular weight is 244 g/mol. The summed E-state index contributed by atoms with van der Waals surface area (Å²) in [6.07, 6.45) is 3.89. The molecule has 0 bridgehead atoms. The first-order valence-corrected chi connectivity index (χ1v) is 6.23. The van der Waals surface area contributed by atoms with E-state index in [0.29, 0.717) is 12.8 Å². The summed E-state index contributed by atoms with van der Waals surface area (Å²) >= 11 is 0. The number of rotatable bonds is 6. The van der Waals surface area contributed by atoms with Crippen LogP contribution < -0.4 is 0 Å². The van der Waals surface area contributed by atoms with E-state index < -0.39 is 5.41 Å². The highest BCUT2D eigenvalue weighted by Crippen LogP contribution is 2.28. The second-order valence-electron chi connectivity index (χ2n) is 4.57. The normalized spacial score (nSPS) is 10.7. The minimum absolute atomic E-state index is 0.302. The van der Waals surface area contributed by atoms with Crippen LogP contribution in [0.15, 0.2) is 24.3 Å². The van der Waals surface area contributed by atoms with Crippen molar-refractivity contribution < 1.29 is 4.39 Å². The molecule has 0 radical (unpaired) electrons. The predicted molar refractivity (Wildman–Crippen MR) is 67.9 cm³/mol. The van der Waals surface area contributed by atoms with E-state index in [1.165, 1.54) is 12.1 Å². The van der Waals surface area contributed by atoms with Crippen LogP contribution in [0.1, 0.15) is 38.2 Å². The predicted octanol–water partition coefficient (Wildman–Crippen LogP) is 3.98. The summed E-state index contributed by atoms with van der Waals surface area (Å²) in [6.45, 7) is 2.08. The van der Waals surface area contributed by atoms with Gasteiger partial charge in [0.15, 0.2) is 0 Å². The molecule has 1 rings (SSSR count).